The highest BCUT2D eigenvalue weighted by Gasteiger charge is 2.25. The minimum Gasteiger partial charge on any atom is -0.486 e. The van der Waals surface area contributed by atoms with Gasteiger partial charge in [0.25, 0.3) is 0 Å². The molecule has 0 bridgehead atoms. The Morgan fingerprint density at radius 2 is 0.966 bits per heavy atom. The summed E-state index contributed by atoms with van der Waals surface area (Å²) in [4.78, 5) is 7.93. The molecule has 0 spiro atoms. The van der Waals surface area contributed by atoms with Crippen LogP contribution in [0.25, 0.3) is 0 Å². The van der Waals surface area contributed by atoms with E-state index in [0.717, 1.165) is 83.9 Å². The van der Waals surface area contributed by atoms with Crippen molar-refractivity contribution in [2.24, 2.45) is 0 Å². The van der Waals surface area contributed by atoms with Gasteiger partial charge in [0.05, 0.1) is 0 Å². The van der Waals surface area contributed by atoms with E-state index in [1.165, 1.54) is 44.5 Å². The first-order valence-corrected chi connectivity index (χ1v) is 21.8. The minimum atomic E-state index is -0.152. The molecule has 0 aromatic heterocycles. The third-order valence-corrected chi connectivity index (χ3v) is 11.9. The van der Waals surface area contributed by atoms with Crippen molar-refractivity contribution in [3.63, 3.8) is 0 Å². The van der Waals surface area contributed by atoms with Crippen LogP contribution in [-0.4, -0.2) is 53.5 Å². The molecule has 1 unspecified atom stereocenters. The van der Waals surface area contributed by atoms with Gasteiger partial charge < -0.3 is 9.47 Å². The van der Waals surface area contributed by atoms with Crippen LogP contribution in [0.1, 0.15) is 120 Å². The Kier molecular flexibility index (Phi) is 14.4. The van der Waals surface area contributed by atoms with E-state index >= 15 is 0 Å². The summed E-state index contributed by atoms with van der Waals surface area (Å²) in [5.74, 6) is 0.924. The van der Waals surface area contributed by atoms with E-state index in [1.807, 2.05) is 0 Å². The third kappa shape index (κ3) is 12.7. The van der Waals surface area contributed by atoms with Crippen molar-refractivity contribution < 1.29 is 9.47 Å². The number of benzene rings is 4. The Bertz CT molecular complexity index is 1940. The topological polar surface area (TPSA) is 28.2 Å². The van der Waals surface area contributed by atoms with E-state index in [4.69, 9.17) is 9.47 Å². The van der Waals surface area contributed by atoms with Crippen LogP contribution in [0.5, 0.6) is 0 Å². The van der Waals surface area contributed by atoms with Crippen molar-refractivity contribution in [3.05, 3.63) is 166 Å². The summed E-state index contributed by atoms with van der Waals surface area (Å²) in [6.07, 6.45) is 8.55. The van der Waals surface area contributed by atoms with Gasteiger partial charge in [-0.25, -0.2) is 0 Å². The monoisotopic (exact) mass is 782 g/mol. The molecule has 1 atom stereocenters. The number of ether oxygens (including phenoxy) is 2. The summed E-state index contributed by atoms with van der Waals surface area (Å²) in [6, 6.07) is 37.0. The molecule has 0 amide bonds. The molecule has 5 heteroatoms. The predicted octanol–water partition coefficient (Wildman–Crippen LogP) is 11.7. The Labute approximate surface area is 351 Å². The summed E-state index contributed by atoms with van der Waals surface area (Å²) >= 11 is 0. The first-order chi connectivity index (χ1) is 27.6. The van der Waals surface area contributed by atoms with Crippen molar-refractivity contribution in [1.29, 1.82) is 0 Å². The van der Waals surface area contributed by atoms with Gasteiger partial charge in [-0.15, -0.1) is 0 Å². The molecule has 0 N–H and O–H groups in total. The van der Waals surface area contributed by atoms with Gasteiger partial charge in [-0.3, -0.25) is 14.7 Å². The van der Waals surface area contributed by atoms with Crippen LogP contribution >= 0.6 is 0 Å². The highest BCUT2D eigenvalue weighted by atomic mass is 16.6. The van der Waals surface area contributed by atoms with Crippen molar-refractivity contribution >= 4 is 0 Å². The number of hydrogen-bond donors (Lipinski definition) is 0. The lowest BCUT2D eigenvalue weighted by Gasteiger charge is -2.33. The van der Waals surface area contributed by atoms with Gasteiger partial charge >= 0.3 is 0 Å². The summed E-state index contributed by atoms with van der Waals surface area (Å²) in [5.41, 5.74) is 11.4. The average Bonchev–Trinajstić information content (AvgIpc) is 3.18. The van der Waals surface area contributed by atoms with Crippen LogP contribution in [-0.2, 0) is 58.3 Å². The first-order valence-electron chi connectivity index (χ1n) is 21.8. The van der Waals surface area contributed by atoms with E-state index in [2.05, 4.69) is 180 Å². The molecule has 0 saturated carbocycles. The second-order valence-electron chi connectivity index (χ2n) is 19.8. The highest BCUT2D eigenvalue weighted by Crippen LogP contribution is 2.27. The molecule has 2 heterocycles. The summed E-state index contributed by atoms with van der Waals surface area (Å²) in [6.45, 7) is 28.7. The van der Waals surface area contributed by atoms with Crippen LogP contribution in [0, 0.1) is 0 Å². The number of allylic oxidation sites excluding steroid dienone is 1. The molecule has 5 nitrogen and oxygen atoms in total. The Morgan fingerprint density at radius 3 is 1.48 bits per heavy atom. The maximum atomic E-state index is 6.32. The number of fused-ring (bicyclic) bond motifs is 2. The molecule has 310 valence electrons. The van der Waals surface area contributed by atoms with Crippen molar-refractivity contribution in [2.75, 3.05) is 32.7 Å². The zero-order valence-electron chi connectivity index (χ0n) is 37.2. The van der Waals surface area contributed by atoms with Crippen LogP contribution < -0.4 is 0 Å². The first kappa shape index (κ1) is 43.4. The molecule has 2 aliphatic heterocycles. The predicted molar refractivity (Wildman–Crippen MR) is 243 cm³/mol. The molecule has 6 rings (SSSR count). The summed E-state index contributed by atoms with van der Waals surface area (Å²) < 4.78 is 12.5. The second kappa shape index (κ2) is 19.3. The standard InChI is InChI=1S/C53H71N3O2/c1-51(2,3)46-24-18-41(19-25-46)36-54-30-32-55(37-42-20-26-47(27-21-42)52(4,5)6)39-45-16-11-10-14-44(45)15-12-13-17-49-50(58-35-34-57-49)40-56(33-31-54)38-43-22-28-48(29-23-43)53(7,8)9/h10-11,14,16-29,34-35,50H,12-13,15,30-33,36-40H2,1-9H3. The van der Waals surface area contributed by atoms with Crippen LogP contribution in [0.3, 0.4) is 0 Å². The number of hydrogen-bond acceptors (Lipinski definition) is 5. The second-order valence-corrected chi connectivity index (χ2v) is 19.8. The lowest BCUT2D eigenvalue weighted by atomic mass is 9.86. The molecule has 4 aromatic rings. The maximum Gasteiger partial charge on any atom is 0.167 e. The maximum absolute atomic E-state index is 6.32. The molecular weight excluding hydrogens is 711 g/mol. The zero-order valence-corrected chi connectivity index (χ0v) is 37.2. The van der Waals surface area contributed by atoms with E-state index in [-0.39, 0.29) is 22.3 Å². The van der Waals surface area contributed by atoms with Gasteiger partial charge in [0.2, 0.25) is 0 Å². The number of aryl methyl sites for hydroxylation is 1. The lowest BCUT2D eigenvalue weighted by molar-refractivity contribution is 0.0491. The van der Waals surface area contributed by atoms with E-state index < -0.39 is 0 Å². The molecule has 0 aliphatic carbocycles. The third-order valence-electron chi connectivity index (χ3n) is 11.9. The molecule has 0 radical (unpaired) electrons. The van der Waals surface area contributed by atoms with Crippen molar-refractivity contribution in [3.8, 4) is 0 Å². The average molecular weight is 782 g/mol. The summed E-state index contributed by atoms with van der Waals surface area (Å²) in [7, 11) is 0. The normalized spacial score (nSPS) is 18.6. The number of rotatable bonds is 6. The SMILES string of the molecule is CC(C)(C)c1ccc(CN2CCN(Cc3ccc(C(C)(C)C)cc3)Cc3ccccc3CCCC=C3OC=COC3CN(Cc3ccc(C(C)(C)C)cc3)CC2)cc1. The van der Waals surface area contributed by atoms with Gasteiger partial charge in [-0.05, 0) is 86.1 Å². The van der Waals surface area contributed by atoms with E-state index in [9.17, 15) is 0 Å². The highest BCUT2D eigenvalue weighted by molar-refractivity contribution is 5.31. The van der Waals surface area contributed by atoms with Crippen LogP contribution in [0.4, 0.5) is 0 Å². The Morgan fingerprint density at radius 1 is 0.517 bits per heavy atom. The largest absolute Gasteiger partial charge is 0.486 e. The van der Waals surface area contributed by atoms with Gasteiger partial charge in [0.1, 0.15) is 18.3 Å². The van der Waals surface area contributed by atoms with Gasteiger partial charge in [0, 0.05) is 58.9 Å². The van der Waals surface area contributed by atoms with E-state index in [0.29, 0.717) is 0 Å². The lowest BCUT2D eigenvalue weighted by Crippen LogP contribution is -2.42. The molecule has 2 aliphatic rings. The number of nitrogens with zero attached hydrogens (tertiary/aromatic N) is 3. The van der Waals surface area contributed by atoms with Gasteiger partial charge in [-0.1, -0.05) is 159 Å². The fraction of sp³-hybridized carbons (Fsp3) is 0.472. The van der Waals surface area contributed by atoms with Crippen molar-refractivity contribution in [2.45, 2.75) is 130 Å². The van der Waals surface area contributed by atoms with Crippen molar-refractivity contribution in [1.82, 2.24) is 14.7 Å². The summed E-state index contributed by atoms with van der Waals surface area (Å²) in [5, 5.41) is 0. The smallest absolute Gasteiger partial charge is 0.167 e. The Balaban J connectivity index is 1.32. The van der Waals surface area contributed by atoms with Crippen LogP contribution in [0.15, 0.2) is 121 Å². The molecule has 58 heavy (non-hydrogen) atoms. The van der Waals surface area contributed by atoms with E-state index in [1.54, 1.807) is 12.5 Å². The molecular formula is C53H71N3O2. The van der Waals surface area contributed by atoms with Gasteiger partial charge in [-0.2, -0.15) is 0 Å². The molecule has 0 fully saturated rings. The Hall–Kier alpha value is -4.16. The fourth-order valence-electron chi connectivity index (χ4n) is 8.05. The minimum absolute atomic E-state index is 0.121. The van der Waals surface area contributed by atoms with Gasteiger partial charge in [0.15, 0.2) is 6.10 Å². The quantitative estimate of drug-likeness (QED) is 0.194. The molecule has 4 aromatic carbocycles. The zero-order chi connectivity index (χ0) is 41.3. The fourth-order valence-corrected chi connectivity index (χ4v) is 8.05. The molecule has 0 saturated heterocycles. The van der Waals surface area contributed by atoms with Crippen LogP contribution in [0.2, 0.25) is 0 Å².